The third-order valence-corrected chi connectivity index (χ3v) is 4.08. The van der Waals surface area contributed by atoms with Crippen LogP contribution in [0.5, 0.6) is 5.75 Å². The molecule has 6 heteroatoms. The molecule has 0 spiro atoms. The molecule has 0 aliphatic carbocycles. The molecule has 1 atom stereocenters. The maximum atomic E-state index is 11.5. The van der Waals surface area contributed by atoms with Gasteiger partial charge in [0.2, 0.25) is 0 Å². The molecule has 0 amide bonds. The van der Waals surface area contributed by atoms with Crippen molar-refractivity contribution in [2.45, 2.75) is 25.3 Å². The molecule has 2 heterocycles. The van der Waals surface area contributed by atoms with Crippen molar-refractivity contribution in [3.63, 3.8) is 0 Å². The average molecular weight is 307 g/mol. The Balaban J connectivity index is 2.17. The van der Waals surface area contributed by atoms with E-state index in [1.165, 1.54) is 0 Å². The first-order valence-electron chi connectivity index (χ1n) is 6.75. The quantitative estimate of drug-likeness (QED) is 0.946. The van der Waals surface area contributed by atoms with Crippen LogP contribution in [0.15, 0.2) is 24.3 Å². The first-order chi connectivity index (χ1) is 10.1. The van der Waals surface area contributed by atoms with Crippen molar-refractivity contribution in [2.24, 2.45) is 0 Å². The second-order valence-electron chi connectivity index (χ2n) is 5.02. The van der Waals surface area contributed by atoms with Crippen LogP contribution < -0.4 is 4.74 Å². The zero-order valence-corrected chi connectivity index (χ0v) is 12.3. The van der Waals surface area contributed by atoms with E-state index in [0.717, 1.165) is 24.1 Å². The van der Waals surface area contributed by atoms with E-state index in [-0.39, 0.29) is 0 Å². The van der Waals surface area contributed by atoms with Crippen molar-refractivity contribution in [1.29, 1.82) is 0 Å². The van der Waals surface area contributed by atoms with Crippen LogP contribution in [0.1, 0.15) is 24.6 Å². The van der Waals surface area contributed by atoms with Gasteiger partial charge in [0.1, 0.15) is 17.6 Å². The molecule has 1 aromatic carbocycles. The molecule has 0 radical (unpaired) electrons. The molecule has 1 aliphatic rings. The second kappa shape index (κ2) is 5.41. The van der Waals surface area contributed by atoms with E-state index < -0.39 is 12.0 Å². The Labute approximate surface area is 127 Å². The van der Waals surface area contributed by atoms with Gasteiger partial charge in [-0.25, -0.2) is 9.78 Å². The van der Waals surface area contributed by atoms with Gasteiger partial charge in [0, 0.05) is 5.56 Å². The molecule has 5 nitrogen and oxygen atoms in total. The Morgan fingerprint density at radius 2 is 2.33 bits per heavy atom. The lowest BCUT2D eigenvalue weighted by atomic mass is 10.0. The number of carboxylic acid groups (broad SMARTS) is 1. The van der Waals surface area contributed by atoms with Gasteiger partial charge in [0.05, 0.1) is 12.8 Å². The van der Waals surface area contributed by atoms with Crippen molar-refractivity contribution >= 4 is 17.6 Å². The van der Waals surface area contributed by atoms with Crippen molar-refractivity contribution in [2.75, 3.05) is 7.11 Å². The third-order valence-electron chi connectivity index (χ3n) is 3.78. The standard InChI is InChI=1S/C15H15ClN2O3/c1-21-10-5-2-4-9(8-10)14-17-13(16)11-6-3-7-12(15(19)20)18(11)14/h2,4-5,8,12H,3,6-7H2,1H3,(H,19,20). The Kier molecular flexibility index (Phi) is 3.59. The molecule has 21 heavy (non-hydrogen) atoms. The Hall–Kier alpha value is -2.01. The van der Waals surface area contributed by atoms with Gasteiger partial charge in [-0.2, -0.15) is 0 Å². The smallest absolute Gasteiger partial charge is 0.326 e. The minimum Gasteiger partial charge on any atom is -0.497 e. The van der Waals surface area contributed by atoms with E-state index in [1.807, 2.05) is 24.3 Å². The summed E-state index contributed by atoms with van der Waals surface area (Å²) in [6.07, 6.45) is 2.14. The summed E-state index contributed by atoms with van der Waals surface area (Å²) in [7, 11) is 1.59. The largest absolute Gasteiger partial charge is 0.497 e. The molecule has 110 valence electrons. The number of nitrogens with zero attached hydrogens (tertiary/aromatic N) is 2. The fraction of sp³-hybridized carbons (Fsp3) is 0.333. The van der Waals surface area contributed by atoms with Crippen molar-refractivity contribution < 1.29 is 14.6 Å². The molecule has 0 saturated carbocycles. The van der Waals surface area contributed by atoms with E-state index in [0.29, 0.717) is 23.1 Å². The van der Waals surface area contributed by atoms with E-state index in [2.05, 4.69) is 4.98 Å². The molecule has 1 aromatic heterocycles. The third kappa shape index (κ3) is 2.38. The zero-order valence-electron chi connectivity index (χ0n) is 11.5. The predicted octanol–water partition coefficient (Wildman–Crippen LogP) is 3.17. The van der Waals surface area contributed by atoms with Crippen molar-refractivity contribution in [3.8, 4) is 17.1 Å². The highest BCUT2D eigenvalue weighted by molar-refractivity contribution is 6.30. The summed E-state index contributed by atoms with van der Waals surface area (Å²) < 4.78 is 6.97. The summed E-state index contributed by atoms with van der Waals surface area (Å²) in [5, 5.41) is 9.84. The van der Waals surface area contributed by atoms with Gasteiger partial charge in [-0.3, -0.25) is 0 Å². The Morgan fingerprint density at radius 3 is 3.05 bits per heavy atom. The molecule has 0 saturated heterocycles. The molecule has 1 N–H and O–H groups in total. The van der Waals surface area contributed by atoms with Gasteiger partial charge in [-0.15, -0.1) is 0 Å². The van der Waals surface area contributed by atoms with Gasteiger partial charge >= 0.3 is 5.97 Å². The number of fused-ring (bicyclic) bond motifs is 1. The van der Waals surface area contributed by atoms with Crippen LogP contribution >= 0.6 is 11.6 Å². The molecule has 1 aliphatic heterocycles. The summed E-state index contributed by atoms with van der Waals surface area (Å²) in [5.41, 5.74) is 1.60. The summed E-state index contributed by atoms with van der Waals surface area (Å²) in [5.74, 6) is 0.429. The summed E-state index contributed by atoms with van der Waals surface area (Å²) in [6, 6.07) is 6.78. The number of carbonyl (C=O) groups is 1. The first-order valence-corrected chi connectivity index (χ1v) is 7.13. The fourth-order valence-electron chi connectivity index (χ4n) is 2.79. The Bertz CT molecular complexity index is 696. The van der Waals surface area contributed by atoms with E-state index >= 15 is 0 Å². The number of methoxy groups -OCH3 is 1. The van der Waals surface area contributed by atoms with Crippen molar-refractivity contribution in [1.82, 2.24) is 9.55 Å². The average Bonchev–Trinajstić information content (AvgIpc) is 2.84. The molecule has 0 fully saturated rings. The molecule has 0 bridgehead atoms. The number of hydrogen-bond acceptors (Lipinski definition) is 3. The fourth-order valence-corrected chi connectivity index (χ4v) is 3.06. The summed E-state index contributed by atoms with van der Waals surface area (Å²) in [4.78, 5) is 15.9. The molecule has 1 unspecified atom stereocenters. The van der Waals surface area contributed by atoms with E-state index in [1.54, 1.807) is 11.7 Å². The lowest BCUT2D eigenvalue weighted by molar-refractivity contribution is -0.141. The molecule has 3 rings (SSSR count). The van der Waals surface area contributed by atoms with E-state index in [9.17, 15) is 9.90 Å². The molecular weight excluding hydrogens is 292 g/mol. The maximum Gasteiger partial charge on any atom is 0.326 e. The maximum absolute atomic E-state index is 11.5. The highest BCUT2D eigenvalue weighted by Gasteiger charge is 2.31. The lowest BCUT2D eigenvalue weighted by Crippen LogP contribution is -2.25. The van der Waals surface area contributed by atoms with Crippen LogP contribution in [-0.2, 0) is 11.2 Å². The minimum atomic E-state index is -0.853. The van der Waals surface area contributed by atoms with Crippen LogP contribution in [0.2, 0.25) is 5.15 Å². The number of hydrogen-bond donors (Lipinski definition) is 1. The minimum absolute atomic E-state index is 0.388. The normalized spacial score (nSPS) is 17.3. The number of rotatable bonds is 3. The lowest BCUT2D eigenvalue weighted by Gasteiger charge is -2.24. The summed E-state index contributed by atoms with van der Waals surface area (Å²) >= 11 is 6.20. The van der Waals surface area contributed by atoms with Gasteiger partial charge in [-0.1, -0.05) is 23.7 Å². The monoisotopic (exact) mass is 306 g/mol. The van der Waals surface area contributed by atoms with Gasteiger partial charge in [0.25, 0.3) is 0 Å². The SMILES string of the molecule is COc1cccc(-c2nc(Cl)c3n2C(C(=O)O)CCC3)c1. The van der Waals surface area contributed by atoms with Crippen LogP contribution in [0.4, 0.5) is 0 Å². The van der Waals surface area contributed by atoms with E-state index in [4.69, 9.17) is 16.3 Å². The molecular formula is C15H15ClN2O3. The highest BCUT2D eigenvalue weighted by Crippen LogP contribution is 2.36. The van der Waals surface area contributed by atoms with Crippen LogP contribution in [0.25, 0.3) is 11.4 Å². The number of halogens is 1. The topological polar surface area (TPSA) is 64.4 Å². The number of imidazole rings is 1. The summed E-state index contributed by atoms with van der Waals surface area (Å²) in [6.45, 7) is 0. The van der Waals surface area contributed by atoms with Gasteiger partial charge < -0.3 is 14.4 Å². The van der Waals surface area contributed by atoms with Gasteiger partial charge in [-0.05, 0) is 31.4 Å². The van der Waals surface area contributed by atoms with Gasteiger partial charge in [0.15, 0.2) is 5.15 Å². The highest BCUT2D eigenvalue weighted by atomic mass is 35.5. The van der Waals surface area contributed by atoms with Crippen LogP contribution in [0, 0.1) is 0 Å². The molecule has 2 aromatic rings. The number of benzene rings is 1. The number of aliphatic carboxylic acids is 1. The van der Waals surface area contributed by atoms with Crippen LogP contribution in [-0.4, -0.2) is 27.7 Å². The second-order valence-corrected chi connectivity index (χ2v) is 5.38. The number of aromatic nitrogens is 2. The number of ether oxygens (including phenoxy) is 1. The Morgan fingerprint density at radius 1 is 1.52 bits per heavy atom. The zero-order chi connectivity index (χ0) is 15.0. The van der Waals surface area contributed by atoms with Crippen LogP contribution in [0.3, 0.4) is 0 Å². The van der Waals surface area contributed by atoms with Crippen molar-refractivity contribution in [3.05, 3.63) is 35.1 Å². The number of carboxylic acids is 1. The first kappa shape index (κ1) is 13.9. The predicted molar refractivity (Wildman–Crippen MR) is 78.8 cm³/mol.